The zero-order valence-corrected chi connectivity index (χ0v) is 16.3. The van der Waals surface area contributed by atoms with Crippen LogP contribution >= 0.6 is 0 Å². The van der Waals surface area contributed by atoms with Gasteiger partial charge in [0.25, 0.3) is 0 Å². The van der Waals surface area contributed by atoms with E-state index in [1.54, 1.807) is 13.2 Å². The summed E-state index contributed by atoms with van der Waals surface area (Å²) in [5.74, 6) is 7.17. The molecule has 0 fully saturated rings. The Balaban J connectivity index is 2.15. The van der Waals surface area contributed by atoms with Gasteiger partial charge in [-0.05, 0) is 78.3 Å². The Morgan fingerprint density at radius 1 is 1.07 bits per heavy atom. The maximum Gasteiger partial charge on any atom is 0.165 e. The maximum atomic E-state index is 14.4. The fraction of sp³-hybridized carbons (Fsp3) is 0.333. The molecule has 2 aromatic rings. The number of methoxy groups -OCH3 is 2. The SMILES string of the molecule is COc1ccc2c(c1)CCCC(c1ccc(OC)c(F)c1)=C2C#CCCCO. The normalized spacial score (nSPS) is 13.3. The van der Waals surface area contributed by atoms with Crippen LogP contribution in [0.4, 0.5) is 4.39 Å². The molecule has 0 saturated carbocycles. The molecular weight excluding hydrogens is 355 g/mol. The number of rotatable bonds is 5. The van der Waals surface area contributed by atoms with Crippen molar-refractivity contribution >= 4 is 11.1 Å². The largest absolute Gasteiger partial charge is 0.497 e. The Bertz CT molecular complexity index is 935. The number of unbranched alkanes of at least 4 members (excludes halogenated alkanes) is 1. The predicted octanol–water partition coefficient (Wildman–Crippen LogP) is 4.87. The molecular formula is C24H25FO3. The van der Waals surface area contributed by atoms with Crippen LogP contribution in [-0.2, 0) is 6.42 Å². The Kier molecular flexibility index (Phi) is 6.73. The molecule has 3 rings (SSSR count). The molecule has 0 saturated heterocycles. The van der Waals surface area contributed by atoms with Crippen LogP contribution in [-0.4, -0.2) is 25.9 Å². The Morgan fingerprint density at radius 3 is 2.64 bits per heavy atom. The third-order valence-corrected chi connectivity index (χ3v) is 4.93. The van der Waals surface area contributed by atoms with Gasteiger partial charge in [-0.15, -0.1) is 0 Å². The van der Waals surface area contributed by atoms with Crippen molar-refractivity contribution < 1.29 is 19.0 Å². The molecule has 4 heteroatoms. The monoisotopic (exact) mass is 380 g/mol. The summed E-state index contributed by atoms with van der Waals surface area (Å²) in [5.41, 5.74) is 5.06. The summed E-state index contributed by atoms with van der Waals surface area (Å²) in [4.78, 5) is 0. The van der Waals surface area contributed by atoms with E-state index in [9.17, 15) is 4.39 Å². The number of fused-ring (bicyclic) bond motifs is 1. The van der Waals surface area contributed by atoms with Crippen molar-refractivity contribution in [3.63, 3.8) is 0 Å². The molecule has 1 aliphatic carbocycles. The van der Waals surface area contributed by atoms with Gasteiger partial charge in [0.2, 0.25) is 0 Å². The standard InChI is InChI=1S/C24H25FO3/c1-27-19-11-12-21-17(15-19)7-6-9-20(22(21)8-4-3-5-14-26)18-10-13-24(28-2)23(25)16-18/h10-13,15-16,26H,3,5-7,9,14H2,1-2H3. The highest BCUT2D eigenvalue weighted by Crippen LogP contribution is 2.37. The van der Waals surface area contributed by atoms with Crippen LogP contribution in [0.5, 0.6) is 11.5 Å². The molecule has 0 radical (unpaired) electrons. The number of aliphatic hydroxyl groups excluding tert-OH is 1. The number of allylic oxidation sites excluding steroid dienone is 2. The Hall–Kier alpha value is -2.77. The quantitative estimate of drug-likeness (QED) is 0.594. The highest BCUT2D eigenvalue weighted by Gasteiger charge is 2.19. The van der Waals surface area contributed by atoms with Crippen molar-refractivity contribution in [3.8, 4) is 23.3 Å². The van der Waals surface area contributed by atoms with Crippen molar-refractivity contribution in [1.29, 1.82) is 0 Å². The number of halogens is 1. The number of aliphatic hydroxyl groups is 1. The maximum absolute atomic E-state index is 14.4. The number of ether oxygens (including phenoxy) is 2. The molecule has 0 atom stereocenters. The molecule has 146 valence electrons. The zero-order chi connectivity index (χ0) is 19.9. The molecule has 0 amide bonds. The van der Waals surface area contributed by atoms with Crippen LogP contribution in [0.1, 0.15) is 42.4 Å². The first kappa shape index (κ1) is 20.0. The van der Waals surface area contributed by atoms with E-state index in [0.717, 1.165) is 47.3 Å². The third kappa shape index (κ3) is 4.37. The summed E-state index contributed by atoms with van der Waals surface area (Å²) >= 11 is 0. The second kappa shape index (κ2) is 9.43. The van der Waals surface area contributed by atoms with Crippen LogP contribution < -0.4 is 9.47 Å². The summed E-state index contributed by atoms with van der Waals surface area (Å²) in [6.07, 6.45) is 3.94. The van der Waals surface area contributed by atoms with E-state index in [0.29, 0.717) is 12.8 Å². The predicted molar refractivity (Wildman–Crippen MR) is 110 cm³/mol. The molecule has 0 bridgehead atoms. The lowest BCUT2D eigenvalue weighted by Gasteiger charge is -2.13. The number of aryl methyl sites for hydroxylation is 1. The van der Waals surface area contributed by atoms with Gasteiger partial charge in [-0.1, -0.05) is 17.9 Å². The van der Waals surface area contributed by atoms with E-state index in [4.69, 9.17) is 14.6 Å². The highest BCUT2D eigenvalue weighted by atomic mass is 19.1. The van der Waals surface area contributed by atoms with Crippen LogP contribution in [0, 0.1) is 17.7 Å². The van der Waals surface area contributed by atoms with E-state index < -0.39 is 0 Å². The topological polar surface area (TPSA) is 38.7 Å². The van der Waals surface area contributed by atoms with Crippen LogP contribution in [0.2, 0.25) is 0 Å². The smallest absolute Gasteiger partial charge is 0.165 e. The number of hydrogen-bond donors (Lipinski definition) is 1. The second-order valence-corrected chi connectivity index (χ2v) is 6.71. The van der Waals surface area contributed by atoms with Gasteiger partial charge in [0.05, 0.1) is 14.2 Å². The number of hydrogen-bond acceptors (Lipinski definition) is 3. The van der Waals surface area contributed by atoms with Crippen LogP contribution in [0.3, 0.4) is 0 Å². The average Bonchev–Trinajstić information content (AvgIpc) is 2.90. The minimum absolute atomic E-state index is 0.123. The molecule has 0 spiro atoms. The van der Waals surface area contributed by atoms with Crippen molar-refractivity contribution in [1.82, 2.24) is 0 Å². The first-order valence-corrected chi connectivity index (χ1v) is 9.52. The van der Waals surface area contributed by atoms with E-state index in [-0.39, 0.29) is 18.2 Å². The minimum Gasteiger partial charge on any atom is -0.497 e. The highest BCUT2D eigenvalue weighted by molar-refractivity contribution is 5.99. The van der Waals surface area contributed by atoms with Gasteiger partial charge in [-0.2, -0.15) is 0 Å². The molecule has 0 unspecified atom stereocenters. The lowest BCUT2D eigenvalue weighted by molar-refractivity contribution is 0.290. The molecule has 0 aliphatic heterocycles. The van der Waals surface area contributed by atoms with Gasteiger partial charge in [-0.25, -0.2) is 4.39 Å². The molecule has 0 aromatic heterocycles. The summed E-state index contributed by atoms with van der Waals surface area (Å²) in [6, 6.07) is 11.1. The van der Waals surface area contributed by atoms with E-state index in [2.05, 4.69) is 17.9 Å². The second-order valence-electron chi connectivity index (χ2n) is 6.71. The Morgan fingerprint density at radius 2 is 1.93 bits per heavy atom. The molecule has 3 nitrogen and oxygen atoms in total. The van der Waals surface area contributed by atoms with E-state index in [1.807, 2.05) is 18.2 Å². The molecule has 2 aromatic carbocycles. The fourth-order valence-corrected chi connectivity index (χ4v) is 3.49. The van der Waals surface area contributed by atoms with Crippen molar-refractivity contribution in [3.05, 3.63) is 58.9 Å². The summed E-state index contributed by atoms with van der Waals surface area (Å²) in [7, 11) is 3.13. The van der Waals surface area contributed by atoms with Gasteiger partial charge >= 0.3 is 0 Å². The lowest BCUT2D eigenvalue weighted by atomic mass is 9.92. The molecule has 1 N–H and O–H groups in total. The lowest BCUT2D eigenvalue weighted by Crippen LogP contribution is -1.95. The summed E-state index contributed by atoms with van der Waals surface area (Å²) in [5, 5.41) is 9.03. The summed E-state index contributed by atoms with van der Waals surface area (Å²) < 4.78 is 24.8. The van der Waals surface area contributed by atoms with E-state index in [1.165, 1.54) is 18.7 Å². The van der Waals surface area contributed by atoms with Gasteiger partial charge in [0.1, 0.15) is 5.75 Å². The van der Waals surface area contributed by atoms with Gasteiger partial charge in [-0.3, -0.25) is 0 Å². The fourth-order valence-electron chi connectivity index (χ4n) is 3.49. The first-order valence-electron chi connectivity index (χ1n) is 9.52. The third-order valence-electron chi connectivity index (χ3n) is 4.93. The van der Waals surface area contributed by atoms with Gasteiger partial charge in [0.15, 0.2) is 11.6 Å². The molecule has 0 heterocycles. The summed E-state index contributed by atoms with van der Waals surface area (Å²) in [6.45, 7) is 0.123. The van der Waals surface area contributed by atoms with Crippen molar-refractivity contribution in [2.75, 3.05) is 20.8 Å². The Labute approximate surface area is 165 Å². The van der Waals surface area contributed by atoms with Gasteiger partial charge < -0.3 is 14.6 Å². The van der Waals surface area contributed by atoms with Gasteiger partial charge in [0, 0.05) is 18.6 Å². The molecule has 1 aliphatic rings. The first-order chi connectivity index (χ1) is 13.7. The average molecular weight is 380 g/mol. The number of benzene rings is 2. The molecule has 28 heavy (non-hydrogen) atoms. The van der Waals surface area contributed by atoms with E-state index >= 15 is 0 Å². The van der Waals surface area contributed by atoms with Crippen LogP contribution in [0.15, 0.2) is 36.4 Å². The van der Waals surface area contributed by atoms with Crippen molar-refractivity contribution in [2.24, 2.45) is 0 Å². The minimum atomic E-state index is -0.376. The zero-order valence-electron chi connectivity index (χ0n) is 16.3. The van der Waals surface area contributed by atoms with Crippen LogP contribution in [0.25, 0.3) is 11.1 Å². The van der Waals surface area contributed by atoms with Crippen molar-refractivity contribution in [2.45, 2.75) is 32.1 Å².